The number of nitrogens with one attached hydrogen (secondary N) is 1. The van der Waals surface area contributed by atoms with Gasteiger partial charge in [-0.3, -0.25) is 4.90 Å². The Labute approximate surface area is 180 Å². The summed E-state index contributed by atoms with van der Waals surface area (Å²) in [6, 6.07) is 15.0. The predicted molar refractivity (Wildman–Crippen MR) is 124 cm³/mol. The summed E-state index contributed by atoms with van der Waals surface area (Å²) in [6.45, 7) is 10.5. The molecule has 0 amide bonds. The Morgan fingerprint density at radius 1 is 1.03 bits per heavy atom. The lowest BCUT2D eigenvalue weighted by molar-refractivity contribution is 0.160. The van der Waals surface area contributed by atoms with Gasteiger partial charge in [0.15, 0.2) is 0 Å². The van der Waals surface area contributed by atoms with Crippen molar-refractivity contribution in [3.63, 3.8) is 0 Å². The van der Waals surface area contributed by atoms with Gasteiger partial charge in [-0.1, -0.05) is 38.1 Å². The van der Waals surface area contributed by atoms with E-state index in [9.17, 15) is 0 Å². The van der Waals surface area contributed by atoms with Crippen LogP contribution in [0.3, 0.4) is 0 Å². The molecule has 1 fully saturated rings. The van der Waals surface area contributed by atoms with Crippen molar-refractivity contribution >= 4 is 11.8 Å². The molecule has 0 aromatic heterocycles. The maximum Gasteiger partial charge on any atom is 0.0485 e. The molecule has 2 nitrogen and oxygen atoms in total. The van der Waals surface area contributed by atoms with E-state index in [0.717, 1.165) is 19.0 Å². The zero-order valence-electron chi connectivity index (χ0n) is 18.3. The first-order valence-electron chi connectivity index (χ1n) is 11.3. The summed E-state index contributed by atoms with van der Waals surface area (Å²) in [5.74, 6) is 1.31. The van der Waals surface area contributed by atoms with E-state index in [-0.39, 0.29) is 5.54 Å². The van der Waals surface area contributed by atoms with E-state index < -0.39 is 0 Å². The van der Waals surface area contributed by atoms with Crippen LogP contribution in [0.15, 0.2) is 41.3 Å². The number of benzene rings is 2. The molecule has 1 saturated carbocycles. The van der Waals surface area contributed by atoms with E-state index in [1.54, 1.807) is 16.7 Å². The van der Waals surface area contributed by atoms with Crippen molar-refractivity contribution in [3.05, 3.63) is 64.2 Å². The zero-order chi connectivity index (χ0) is 20.2. The molecule has 1 aliphatic carbocycles. The average Bonchev–Trinajstić information content (AvgIpc) is 3.46. The SMILES string of the molecule is CSc1ccc2c(c1)CCN(C(C)C1CC13NCCc1ccc(C(C)C)cc13)C2. The van der Waals surface area contributed by atoms with Crippen LogP contribution in [-0.2, 0) is 24.9 Å². The smallest absolute Gasteiger partial charge is 0.0485 e. The van der Waals surface area contributed by atoms with Crippen molar-refractivity contribution in [1.82, 2.24) is 10.2 Å². The Bertz CT molecular complexity index is 921. The van der Waals surface area contributed by atoms with Crippen LogP contribution in [0.2, 0.25) is 0 Å². The van der Waals surface area contributed by atoms with Gasteiger partial charge in [0.2, 0.25) is 0 Å². The highest BCUT2D eigenvalue weighted by Crippen LogP contribution is 2.57. The Morgan fingerprint density at radius 2 is 1.86 bits per heavy atom. The lowest BCUT2D eigenvalue weighted by Gasteiger charge is -2.37. The van der Waals surface area contributed by atoms with Crippen LogP contribution >= 0.6 is 11.8 Å². The monoisotopic (exact) mass is 406 g/mol. The number of hydrogen-bond acceptors (Lipinski definition) is 3. The normalized spacial score (nSPS) is 27.0. The summed E-state index contributed by atoms with van der Waals surface area (Å²) in [4.78, 5) is 4.14. The predicted octanol–water partition coefficient (Wildman–Crippen LogP) is 5.34. The Kier molecular flexibility index (Phi) is 5.04. The van der Waals surface area contributed by atoms with Crippen LogP contribution in [0.1, 0.15) is 60.9 Å². The van der Waals surface area contributed by atoms with Crippen LogP contribution in [0.4, 0.5) is 0 Å². The van der Waals surface area contributed by atoms with Gasteiger partial charge in [0.1, 0.15) is 0 Å². The van der Waals surface area contributed by atoms with Crippen molar-refractivity contribution in [2.45, 2.75) is 69.0 Å². The molecule has 3 atom stereocenters. The molecule has 5 rings (SSSR count). The molecule has 2 aromatic rings. The first kappa shape index (κ1) is 19.7. The average molecular weight is 407 g/mol. The van der Waals surface area contributed by atoms with Crippen molar-refractivity contribution in [2.24, 2.45) is 5.92 Å². The maximum atomic E-state index is 3.97. The summed E-state index contributed by atoms with van der Waals surface area (Å²) < 4.78 is 0. The zero-order valence-corrected chi connectivity index (χ0v) is 19.1. The van der Waals surface area contributed by atoms with E-state index in [0.29, 0.717) is 12.0 Å². The van der Waals surface area contributed by atoms with Gasteiger partial charge in [-0.05, 0) is 84.2 Å². The van der Waals surface area contributed by atoms with Gasteiger partial charge in [0.25, 0.3) is 0 Å². The standard InChI is InChI=1S/C26H34N2S/c1-17(2)20-6-5-19-9-11-27-26(24(19)14-20)15-25(26)18(3)28-12-10-21-13-23(29-4)8-7-22(21)16-28/h5-8,13-14,17-18,25,27H,9-12,15-16H2,1-4H3. The number of rotatable bonds is 4. The molecule has 0 bridgehead atoms. The molecule has 29 heavy (non-hydrogen) atoms. The molecule has 3 aliphatic rings. The lowest BCUT2D eigenvalue weighted by Crippen LogP contribution is -2.44. The largest absolute Gasteiger partial charge is 0.307 e. The first-order chi connectivity index (χ1) is 14.0. The fourth-order valence-corrected chi connectivity index (χ4v) is 6.23. The summed E-state index contributed by atoms with van der Waals surface area (Å²) in [5, 5.41) is 3.97. The molecule has 1 N–H and O–H groups in total. The third kappa shape index (κ3) is 3.36. The Hall–Kier alpha value is -1.29. The number of thioether (sulfide) groups is 1. The third-order valence-electron chi connectivity index (χ3n) is 7.74. The van der Waals surface area contributed by atoms with Crippen LogP contribution in [-0.4, -0.2) is 30.3 Å². The van der Waals surface area contributed by atoms with Gasteiger partial charge in [0, 0.05) is 36.1 Å². The third-order valence-corrected chi connectivity index (χ3v) is 8.47. The quantitative estimate of drug-likeness (QED) is 0.690. The van der Waals surface area contributed by atoms with Crippen molar-refractivity contribution in [2.75, 3.05) is 19.3 Å². The fourth-order valence-electron chi connectivity index (χ4n) is 5.77. The molecular weight excluding hydrogens is 372 g/mol. The highest BCUT2D eigenvalue weighted by molar-refractivity contribution is 7.98. The molecule has 0 radical (unpaired) electrons. The molecule has 2 heterocycles. The number of hydrogen-bond donors (Lipinski definition) is 1. The maximum absolute atomic E-state index is 3.97. The van der Waals surface area contributed by atoms with Gasteiger partial charge < -0.3 is 5.32 Å². The van der Waals surface area contributed by atoms with E-state index >= 15 is 0 Å². The van der Waals surface area contributed by atoms with Crippen molar-refractivity contribution in [1.29, 1.82) is 0 Å². The topological polar surface area (TPSA) is 15.3 Å². The minimum Gasteiger partial charge on any atom is -0.307 e. The van der Waals surface area contributed by atoms with Gasteiger partial charge in [-0.25, -0.2) is 0 Å². The molecule has 2 aromatic carbocycles. The number of fused-ring (bicyclic) bond motifs is 3. The first-order valence-corrected chi connectivity index (χ1v) is 12.5. The van der Waals surface area contributed by atoms with E-state index in [1.807, 2.05) is 11.8 Å². The summed E-state index contributed by atoms with van der Waals surface area (Å²) in [7, 11) is 0. The fraction of sp³-hybridized carbons (Fsp3) is 0.538. The van der Waals surface area contributed by atoms with Crippen LogP contribution in [0.25, 0.3) is 0 Å². The summed E-state index contributed by atoms with van der Waals surface area (Å²) >= 11 is 1.85. The van der Waals surface area contributed by atoms with Crippen LogP contribution in [0, 0.1) is 5.92 Å². The van der Waals surface area contributed by atoms with E-state index in [1.165, 1.54) is 41.8 Å². The molecular formula is C26H34N2S. The highest BCUT2D eigenvalue weighted by Gasteiger charge is 2.59. The van der Waals surface area contributed by atoms with Gasteiger partial charge in [0.05, 0.1) is 0 Å². The second kappa shape index (κ2) is 7.44. The molecule has 154 valence electrons. The van der Waals surface area contributed by atoms with Crippen LogP contribution in [0.5, 0.6) is 0 Å². The summed E-state index contributed by atoms with van der Waals surface area (Å²) in [6.07, 6.45) is 5.82. The minimum absolute atomic E-state index is 0.223. The molecule has 2 aliphatic heterocycles. The van der Waals surface area contributed by atoms with Gasteiger partial charge in [-0.2, -0.15) is 0 Å². The Morgan fingerprint density at radius 3 is 2.66 bits per heavy atom. The van der Waals surface area contributed by atoms with Gasteiger partial charge >= 0.3 is 0 Å². The van der Waals surface area contributed by atoms with Gasteiger partial charge in [-0.15, -0.1) is 11.8 Å². The molecule has 3 unspecified atom stereocenters. The Balaban J connectivity index is 1.37. The highest BCUT2D eigenvalue weighted by atomic mass is 32.2. The van der Waals surface area contributed by atoms with E-state index in [4.69, 9.17) is 0 Å². The minimum atomic E-state index is 0.223. The molecule has 1 spiro atoms. The van der Waals surface area contributed by atoms with Crippen LogP contribution < -0.4 is 5.32 Å². The van der Waals surface area contributed by atoms with E-state index in [2.05, 4.69) is 73.6 Å². The lowest BCUT2D eigenvalue weighted by atomic mass is 9.86. The van der Waals surface area contributed by atoms with Crippen molar-refractivity contribution in [3.8, 4) is 0 Å². The molecule has 0 saturated heterocycles. The molecule has 3 heteroatoms. The summed E-state index contributed by atoms with van der Waals surface area (Å²) in [5.41, 5.74) is 8.00. The van der Waals surface area contributed by atoms with Crippen molar-refractivity contribution < 1.29 is 0 Å². The second-order valence-corrected chi connectivity index (χ2v) is 10.5. The second-order valence-electron chi connectivity index (χ2n) is 9.63. The number of nitrogens with zero attached hydrogens (tertiary/aromatic N) is 1.